The molecule has 0 spiro atoms. The van der Waals surface area contributed by atoms with Gasteiger partial charge < -0.3 is 10.1 Å². The predicted octanol–water partition coefficient (Wildman–Crippen LogP) is -0.985. The Morgan fingerprint density at radius 3 is 2.83 bits per heavy atom. The maximum absolute atomic E-state index is 11.1. The summed E-state index contributed by atoms with van der Waals surface area (Å²) >= 11 is 0. The zero-order chi connectivity index (χ0) is 13.6. The monoisotopic (exact) mass is 277 g/mol. The average Bonchev–Trinajstić information content (AvgIpc) is 2.73. The van der Waals surface area contributed by atoms with Gasteiger partial charge in [-0.1, -0.05) is 0 Å². The molecule has 1 rings (SSSR count). The molecule has 1 unspecified atom stereocenters. The molecule has 0 aliphatic heterocycles. The number of aryl methyl sites for hydroxylation is 1. The maximum atomic E-state index is 11.1. The van der Waals surface area contributed by atoms with E-state index in [0.717, 1.165) is 0 Å². The van der Waals surface area contributed by atoms with Crippen LogP contribution in [0.25, 0.3) is 0 Å². The minimum Gasteiger partial charge on any atom is -0.383 e. The molecule has 1 heterocycles. The highest BCUT2D eigenvalue weighted by molar-refractivity contribution is 7.90. The van der Waals surface area contributed by atoms with E-state index < -0.39 is 9.84 Å². The number of ether oxygens (including phenoxy) is 1. The van der Waals surface area contributed by atoms with Crippen LogP contribution in [0.5, 0.6) is 0 Å². The number of tetrazole rings is 1. The van der Waals surface area contributed by atoms with Crippen molar-refractivity contribution in [1.82, 2.24) is 25.5 Å². The molecular formula is C9H19N5O3S. The van der Waals surface area contributed by atoms with Crippen LogP contribution in [0, 0.1) is 0 Å². The summed E-state index contributed by atoms with van der Waals surface area (Å²) in [6, 6.07) is -0.0605. The van der Waals surface area contributed by atoms with Crippen molar-refractivity contribution in [3.63, 3.8) is 0 Å². The molecule has 0 fully saturated rings. The number of rotatable bonds is 8. The fourth-order valence-electron chi connectivity index (χ4n) is 1.40. The van der Waals surface area contributed by atoms with E-state index in [1.165, 1.54) is 10.9 Å². The number of sulfone groups is 1. The first-order valence-corrected chi connectivity index (χ1v) is 7.66. The van der Waals surface area contributed by atoms with Crippen LogP contribution in [0.2, 0.25) is 0 Å². The van der Waals surface area contributed by atoms with Gasteiger partial charge in [-0.05, 0) is 17.4 Å². The van der Waals surface area contributed by atoms with E-state index in [9.17, 15) is 8.42 Å². The quantitative estimate of drug-likeness (QED) is 0.609. The Kier molecular flexibility index (Phi) is 5.63. The van der Waals surface area contributed by atoms with Crippen LogP contribution in [0.15, 0.2) is 0 Å². The van der Waals surface area contributed by atoms with Crippen molar-refractivity contribution in [2.24, 2.45) is 0 Å². The number of methoxy groups -OCH3 is 1. The Labute approximate surface area is 107 Å². The normalized spacial score (nSPS) is 13.7. The number of nitrogens with zero attached hydrogens (tertiary/aromatic N) is 4. The summed E-state index contributed by atoms with van der Waals surface area (Å²) in [5.74, 6) is 0.644. The van der Waals surface area contributed by atoms with E-state index in [-0.39, 0.29) is 18.3 Å². The van der Waals surface area contributed by atoms with Crippen molar-refractivity contribution in [1.29, 1.82) is 0 Å². The summed E-state index contributed by atoms with van der Waals surface area (Å²) in [5, 5.41) is 14.4. The molecule has 0 radical (unpaired) electrons. The van der Waals surface area contributed by atoms with E-state index in [1.807, 2.05) is 6.92 Å². The first-order chi connectivity index (χ1) is 8.44. The maximum Gasteiger partial charge on any atom is 0.167 e. The molecule has 0 saturated heterocycles. The van der Waals surface area contributed by atoms with Gasteiger partial charge in [-0.25, -0.2) is 13.1 Å². The largest absolute Gasteiger partial charge is 0.383 e. The summed E-state index contributed by atoms with van der Waals surface area (Å²) < 4.78 is 28.6. The first kappa shape index (κ1) is 15.0. The molecular weight excluding hydrogens is 258 g/mol. The molecule has 18 heavy (non-hydrogen) atoms. The summed E-state index contributed by atoms with van der Waals surface area (Å²) in [6.45, 7) is 3.45. The highest BCUT2D eigenvalue weighted by atomic mass is 32.2. The van der Waals surface area contributed by atoms with Gasteiger partial charge in [0.15, 0.2) is 5.82 Å². The molecule has 8 nitrogen and oxygen atoms in total. The third-order valence-electron chi connectivity index (χ3n) is 2.38. The molecule has 0 amide bonds. The molecule has 104 valence electrons. The lowest BCUT2D eigenvalue weighted by Crippen LogP contribution is -2.26. The second kappa shape index (κ2) is 6.76. The van der Waals surface area contributed by atoms with E-state index in [1.54, 1.807) is 7.11 Å². The topological polar surface area (TPSA) is 99.0 Å². The molecule has 0 aromatic carbocycles. The summed E-state index contributed by atoms with van der Waals surface area (Å²) in [6.07, 6.45) is 1.19. The van der Waals surface area contributed by atoms with Crippen LogP contribution in [0.1, 0.15) is 18.8 Å². The number of hydrogen-bond acceptors (Lipinski definition) is 7. The fourth-order valence-corrected chi connectivity index (χ4v) is 1.91. The van der Waals surface area contributed by atoms with Crippen LogP contribution < -0.4 is 5.32 Å². The Morgan fingerprint density at radius 2 is 2.22 bits per heavy atom. The van der Waals surface area contributed by atoms with Crippen molar-refractivity contribution in [2.45, 2.75) is 19.5 Å². The number of nitrogens with one attached hydrogen (secondary N) is 1. The van der Waals surface area contributed by atoms with Gasteiger partial charge in [-0.2, -0.15) is 0 Å². The van der Waals surface area contributed by atoms with E-state index >= 15 is 0 Å². The molecule has 0 aliphatic carbocycles. The zero-order valence-corrected chi connectivity index (χ0v) is 11.6. The standard InChI is InChI=1S/C9H19N5O3S/c1-8(10-4-6-17-2)9-11-12-13-14(9)5-7-18(3,15)16/h8,10H,4-7H2,1-3H3. The summed E-state index contributed by atoms with van der Waals surface area (Å²) in [5.41, 5.74) is 0. The molecule has 1 atom stereocenters. The van der Waals surface area contributed by atoms with Gasteiger partial charge in [0, 0.05) is 19.9 Å². The van der Waals surface area contributed by atoms with Crippen LogP contribution in [0.3, 0.4) is 0 Å². The molecule has 0 saturated carbocycles. The van der Waals surface area contributed by atoms with Crippen molar-refractivity contribution >= 4 is 9.84 Å². The molecule has 1 N–H and O–H groups in total. The Hall–Kier alpha value is -1.06. The van der Waals surface area contributed by atoms with Gasteiger partial charge in [0.2, 0.25) is 0 Å². The lowest BCUT2D eigenvalue weighted by molar-refractivity contribution is 0.196. The van der Waals surface area contributed by atoms with E-state index in [2.05, 4.69) is 20.8 Å². The molecule has 1 aromatic rings. The van der Waals surface area contributed by atoms with Crippen molar-refractivity contribution in [3.8, 4) is 0 Å². The van der Waals surface area contributed by atoms with Crippen molar-refractivity contribution in [2.75, 3.05) is 32.3 Å². The van der Waals surface area contributed by atoms with Crippen LogP contribution in [-0.2, 0) is 21.1 Å². The van der Waals surface area contributed by atoms with Crippen LogP contribution in [0.4, 0.5) is 0 Å². The average molecular weight is 277 g/mol. The van der Waals surface area contributed by atoms with Gasteiger partial charge in [-0.15, -0.1) is 5.10 Å². The molecule has 1 aromatic heterocycles. The SMILES string of the molecule is COCCNC(C)c1nnnn1CCS(C)(=O)=O. The van der Waals surface area contributed by atoms with Gasteiger partial charge in [0.25, 0.3) is 0 Å². The van der Waals surface area contributed by atoms with Crippen molar-refractivity contribution < 1.29 is 13.2 Å². The third kappa shape index (κ3) is 5.07. The lowest BCUT2D eigenvalue weighted by atomic mass is 10.3. The van der Waals surface area contributed by atoms with Gasteiger partial charge in [0.05, 0.1) is 24.9 Å². The highest BCUT2D eigenvalue weighted by Gasteiger charge is 2.15. The van der Waals surface area contributed by atoms with Crippen LogP contribution >= 0.6 is 0 Å². The zero-order valence-electron chi connectivity index (χ0n) is 10.8. The molecule has 9 heteroatoms. The molecule has 0 aliphatic rings. The van der Waals surface area contributed by atoms with Gasteiger partial charge in [0.1, 0.15) is 9.84 Å². The van der Waals surface area contributed by atoms with Crippen molar-refractivity contribution in [3.05, 3.63) is 5.82 Å². The number of hydrogen-bond donors (Lipinski definition) is 1. The second-order valence-electron chi connectivity index (χ2n) is 4.06. The Bertz CT molecular complexity index is 459. The first-order valence-electron chi connectivity index (χ1n) is 5.60. The summed E-state index contributed by atoms with van der Waals surface area (Å²) in [7, 11) is -1.39. The summed E-state index contributed by atoms with van der Waals surface area (Å²) in [4.78, 5) is 0. The Morgan fingerprint density at radius 1 is 1.50 bits per heavy atom. The Balaban J connectivity index is 2.58. The van der Waals surface area contributed by atoms with Gasteiger partial charge >= 0.3 is 0 Å². The molecule has 0 bridgehead atoms. The van der Waals surface area contributed by atoms with E-state index in [4.69, 9.17) is 4.74 Å². The second-order valence-corrected chi connectivity index (χ2v) is 6.32. The third-order valence-corrected chi connectivity index (χ3v) is 3.30. The lowest BCUT2D eigenvalue weighted by Gasteiger charge is -2.12. The van der Waals surface area contributed by atoms with E-state index in [0.29, 0.717) is 19.0 Å². The highest BCUT2D eigenvalue weighted by Crippen LogP contribution is 2.07. The van der Waals surface area contributed by atoms with Gasteiger partial charge in [-0.3, -0.25) is 0 Å². The van der Waals surface area contributed by atoms with Crippen LogP contribution in [-0.4, -0.2) is 60.9 Å². The number of aromatic nitrogens is 4. The smallest absolute Gasteiger partial charge is 0.167 e. The predicted molar refractivity (Wildman–Crippen MR) is 65.8 cm³/mol. The minimum absolute atomic E-state index is 0.0236. The fraction of sp³-hybridized carbons (Fsp3) is 0.889. The minimum atomic E-state index is -3.02.